The Balaban J connectivity index is 2.78. The zero-order chi connectivity index (χ0) is 10.6. The molecule has 0 bridgehead atoms. The van der Waals surface area contributed by atoms with Crippen molar-refractivity contribution >= 4 is 35.5 Å². The number of thiol groups is 1. The average molecular weight is 224 g/mol. The lowest BCUT2D eigenvalue weighted by Crippen LogP contribution is -2.12. The highest BCUT2D eigenvalue weighted by Gasteiger charge is 1.96. The summed E-state index contributed by atoms with van der Waals surface area (Å²) in [6.45, 7) is 2.34. The Morgan fingerprint density at radius 3 is 2.50 bits per heavy atom. The Morgan fingerprint density at radius 1 is 1.43 bits per heavy atom. The second-order valence-electron chi connectivity index (χ2n) is 2.91. The molecule has 0 aliphatic carbocycles. The predicted octanol–water partition coefficient (Wildman–Crippen LogP) is 2.07. The van der Waals surface area contributed by atoms with Gasteiger partial charge < -0.3 is 5.73 Å². The van der Waals surface area contributed by atoms with Gasteiger partial charge in [0.25, 0.3) is 0 Å². The van der Waals surface area contributed by atoms with Crippen molar-refractivity contribution in [3.05, 3.63) is 29.8 Å². The van der Waals surface area contributed by atoms with Crippen molar-refractivity contribution in [2.24, 2.45) is 10.7 Å². The van der Waals surface area contributed by atoms with Crippen LogP contribution in [0, 0.1) is 0 Å². The minimum absolute atomic E-state index is 0.407. The van der Waals surface area contributed by atoms with Gasteiger partial charge in [-0.1, -0.05) is 24.4 Å². The van der Waals surface area contributed by atoms with Crippen molar-refractivity contribution < 1.29 is 0 Å². The molecule has 0 aromatic heterocycles. The first-order valence-corrected chi connectivity index (χ1v) is 5.04. The van der Waals surface area contributed by atoms with Crippen LogP contribution in [0.25, 0.3) is 0 Å². The van der Waals surface area contributed by atoms with Crippen molar-refractivity contribution in [2.45, 2.75) is 11.8 Å². The fraction of sp³-hybridized carbons (Fsp3) is 0.200. The number of hydrogen-bond donors (Lipinski definition) is 2. The summed E-state index contributed by atoms with van der Waals surface area (Å²) in [6.07, 6.45) is 0. The van der Waals surface area contributed by atoms with E-state index in [1.807, 2.05) is 31.2 Å². The number of thiocarbonyl (C=S) groups is 1. The molecule has 2 nitrogen and oxygen atoms in total. The second-order valence-corrected chi connectivity index (χ2v) is 3.96. The molecule has 0 unspecified atom stereocenters. The Bertz CT molecular complexity index is 355. The zero-order valence-electron chi connectivity index (χ0n) is 7.90. The Hall–Kier alpha value is -0.870. The molecule has 0 saturated heterocycles. The van der Waals surface area contributed by atoms with Gasteiger partial charge in [-0.3, -0.25) is 4.99 Å². The quantitative estimate of drug-likeness (QED) is 0.468. The average Bonchev–Trinajstić information content (AvgIpc) is 2.15. The van der Waals surface area contributed by atoms with Crippen molar-refractivity contribution in [2.75, 3.05) is 6.54 Å². The van der Waals surface area contributed by atoms with E-state index in [0.29, 0.717) is 11.5 Å². The molecule has 1 aromatic rings. The highest BCUT2D eigenvalue weighted by Crippen LogP contribution is 2.08. The largest absolute Gasteiger partial charge is 0.392 e. The van der Waals surface area contributed by atoms with Gasteiger partial charge in [0, 0.05) is 10.6 Å². The summed E-state index contributed by atoms with van der Waals surface area (Å²) in [7, 11) is 0. The maximum absolute atomic E-state index is 5.36. The van der Waals surface area contributed by atoms with Gasteiger partial charge in [-0.25, -0.2) is 0 Å². The van der Waals surface area contributed by atoms with Crippen LogP contribution in [0.2, 0.25) is 0 Å². The van der Waals surface area contributed by atoms with Crippen molar-refractivity contribution in [3.63, 3.8) is 0 Å². The van der Waals surface area contributed by atoms with E-state index in [-0.39, 0.29) is 0 Å². The first kappa shape index (κ1) is 11.2. The molecule has 1 rings (SSSR count). The molecule has 4 heteroatoms. The molecule has 0 radical (unpaired) electrons. The van der Waals surface area contributed by atoms with Gasteiger partial charge in [0.05, 0.1) is 11.5 Å². The van der Waals surface area contributed by atoms with Crippen LogP contribution >= 0.6 is 24.8 Å². The van der Waals surface area contributed by atoms with Crippen molar-refractivity contribution in [3.8, 4) is 0 Å². The fourth-order valence-electron chi connectivity index (χ4n) is 0.990. The van der Waals surface area contributed by atoms with E-state index < -0.39 is 0 Å². The number of nitrogens with two attached hydrogens (primary N) is 1. The molecule has 0 atom stereocenters. The summed E-state index contributed by atoms with van der Waals surface area (Å²) >= 11 is 8.95. The highest BCUT2D eigenvalue weighted by molar-refractivity contribution is 7.80. The predicted molar refractivity (Wildman–Crippen MR) is 67.6 cm³/mol. The highest BCUT2D eigenvalue weighted by atomic mass is 32.1. The third kappa shape index (κ3) is 3.47. The summed E-state index contributed by atoms with van der Waals surface area (Å²) in [6, 6.07) is 7.80. The normalized spacial score (nSPS) is 11.4. The summed E-state index contributed by atoms with van der Waals surface area (Å²) in [5, 5.41) is 0. The van der Waals surface area contributed by atoms with E-state index in [0.717, 1.165) is 16.2 Å². The third-order valence-electron chi connectivity index (χ3n) is 1.76. The fourth-order valence-corrected chi connectivity index (χ4v) is 1.20. The molecule has 14 heavy (non-hydrogen) atoms. The van der Waals surface area contributed by atoms with E-state index in [1.54, 1.807) is 0 Å². The molecular weight excluding hydrogens is 212 g/mol. The number of rotatable bonds is 3. The summed E-state index contributed by atoms with van der Waals surface area (Å²) in [5.74, 6) is 0. The van der Waals surface area contributed by atoms with E-state index in [9.17, 15) is 0 Å². The lowest BCUT2D eigenvalue weighted by atomic mass is 10.1. The Morgan fingerprint density at radius 2 is 2.00 bits per heavy atom. The van der Waals surface area contributed by atoms with Gasteiger partial charge in [0.2, 0.25) is 0 Å². The van der Waals surface area contributed by atoms with Gasteiger partial charge in [-0.2, -0.15) is 0 Å². The van der Waals surface area contributed by atoms with Gasteiger partial charge in [-0.05, 0) is 24.6 Å². The molecule has 0 heterocycles. The van der Waals surface area contributed by atoms with E-state index in [2.05, 4.69) is 17.6 Å². The Kier molecular flexibility index (Phi) is 4.10. The van der Waals surface area contributed by atoms with E-state index in [1.165, 1.54) is 0 Å². The lowest BCUT2D eigenvalue weighted by molar-refractivity contribution is 1.28. The van der Waals surface area contributed by atoms with Gasteiger partial charge in [-0.15, -0.1) is 12.6 Å². The summed E-state index contributed by atoms with van der Waals surface area (Å²) in [4.78, 5) is 5.60. The maximum atomic E-state index is 5.36. The lowest BCUT2D eigenvalue weighted by Gasteiger charge is -2.00. The smallest absolute Gasteiger partial charge is 0.0945 e. The molecule has 0 fully saturated rings. The van der Waals surface area contributed by atoms with Crippen LogP contribution in [-0.2, 0) is 0 Å². The number of nitrogens with zero attached hydrogens (tertiary/aromatic N) is 1. The standard InChI is InChI=1S/C10H12N2S2/c1-7(12-6-10(11)14)8-2-4-9(13)5-3-8/h2-5,13H,6H2,1H3,(H2,11,14). The third-order valence-corrected chi connectivity index (χ3v) is 2.18. The molecule has 1 aromatic carbocycles. The molecule has 2 N–H and O–H groups in total. The van der Waals surface area contributed by atoms with Crippen LogP contribution in [0.15, 0.2) is 34.2 Å². The molecular formula is C10H12N2S2. The molecule has 0 amide bonds. The first-order chi connectivity index (χ1) is 6.59. The molecule has 0 saturated carbocycles. The summed E-state index contributed by atoms with van der Waals surface area (Å²) < 4.78 is 0. The first-order valence-electron chi connectivity index (χ1n) is 4.18. The number of aliphatic imine (C=N–C) groups is 1. The van der Waals surface area contributed by atoms with Crippen LogP contribution in [0.3, 0.4) is 0 Å². The molecule has 0 aliphatic heterocycles. The minimum Gasteiger partial charge on any atom is -0.392 e. The molecule has 74 valence electrons. The Labute approximate surface area is 94.6 Å². The molecule has 0 aliphatic rings. The number of benzene rings is 1. The monoisotopic (exact) mass is 224 g/mol. The van der Waals surface area contributed by atoms with Crippen LogP contribution in [0.4, 0.5) is 0 Å². The van der Waals surface area contributed by atoms with Crippen LogP contribution in [-0.4, -0.2) is 17.2 Å². The second kappa shape index (κ2) is 5.12. The zero-order valence-corrected chi connectivity index (χ0v) is 9.61. The van der Waals surface area contributed by atoms with Crippen LogP contribution in [0.5, 0.6) is 0 Å². The molecule has 0 spiro atoms. The SMILES string of the molecule is CC(=NCC(N)=S)c1ccc(S)cc1. The topological polar surface area (TPSA) is 38.4 Å². The number of hydrogen-bond acceptors (Lipinski definition) is 3. The minimum atomic E-state index is 0.407. The van der Waals surface area contributed by atoms with Gasteiger partial charge in [0.1, 0.15) is 0 Å². The van der Waals surface area contributed by atoms with Gasteiger partial charge >= 0.3 is 0 Å². The van der Waals surface area contributed by atoms with Crippen molar-refractivity contribution in [1.29, 1.82) is 0 Å². The van der Waals surface area contributed by atoms with E-state index in [4.69, 9.17) is 18.0 Å². The van der Waals surface area contributed by atoms with Crippen molar-refractivity contribution in [1.82, 2.24) is 0 Å². The summed E-state index contributed by atoms with van der Waals surface area (Å²) in [5.41, 5.74) is 7.36. The van der Waals surface area contributed by atoms with Gasteiger partial charge in [0.15, 0.2) is 0 Å². The van der Waals surface area contributed by atoms with Crippen LogP contribution in [0.1, 0.15) is 12.5 Å². The van der Waals surface area contributed by atoms with Crippen LogP contribution < -0.4 is 5.73 Å². The maximum Gasteiger partial charge on any atom is 0.0945 e. The van der Waals surface area contributed by atoms with E-state index >= 15 is 0 Å².